The van der Waals surface area contributed by atoms with E-state index in [1.807, 2.05) is 13.8 Å². The van der Waals surface area contributed by atoms with Crippen LogP contribution < -0.4 is 4.90 Å². The SMILES string of the molecule is Cc1cc(C(=O)N2CCc3ccc([N+](=O)[O-])cc32)c2c(C)nn(C)c2n1. The van der Waals surface area contributed by atoms with Gasteiger partial charge in [0.1, 0.15) is 0 Å². The summed E-state index contributed by atoms with van der Waals surface area (Å²) < 4.78 is 1.66. The molecule has 4 rings (SSSR count). The fourth-order valence-electron chi connectivity index (χ4n) is 3.58. The van der Waals surface area contributed by atoms with Crippen LogP contribution in [0.25, 0.3) is 11.0 Å². The second kappa shape index (κ2) is 5.62. The van der Waals surface area contributed by atoms with Gasteiger partial charge in [-0.3, -0.25) is 19.6 Å². The molecular weight excluding hydrogens is 334 g/mol. The minimum Gasteiger partial charge on any atom is -0.307 e. The normalized spacial score (nSPS) is 13.3. The van der Waals surface area contributed by atoms with E-state index in [0.29, 0.717) is 29.9 Å². The molecule has 132 valence electrons. The molecule has 0 spiro atoms. The molecule has 8 nitrogen and oxygen atoms in total. The summed E-state index contributed by atoms with van der Waals surface area (Å²) in [5.74, 6) is -0.184. The highest BCUT2D eigenvalue weighted by atomic mass is 16.6. The summed E-state index contributed by atoms with van der Waals surface area (Å²) in [7, 11) is 1.80. The number of nitro groups is 1. The molecule has 0 radical (unpaired) electrons. The van der Waals surface area contributed by atoms with Gasteiger partial charge < -0.3 is 4.90 Å². The smallest absolute Gasteiger partial charge is 0.271 e. The minimum atomic E-state index is -0.443. The average molecular weight is 351 g/mol. The molecule has 2 aromatic heterocycles. The first-order valence-electron chi connectivity index (χ1n) is 8.27. The van der Waals surface area contributed by atoms with Gasteiger partial charge in [0.25, 0.3) is 11.6 Å². The number of pyridine rings is 1. The molecule has 0 aliphatic carbocycles. The van der Waals surface area contributed by atoms with Crippen molar-refractivity contribution in [2.45, 2.75) is 20.3 Å². The second-order valence-corrected chi connectivity index (χ2v) is 6.50. The molecule has 0 N–H and O–H groups in total. The number of nitro benzene ring substituents is 1. The molecular formula is C18H17N5O3. The number of anilines is 1. The zero-order chi connectivity index (χ0) is 18.6. The molecule has 1 aliphatic heterocycles. The van der Waals surface area contributed by atoms with E-state index in [1.165, 1.54) is 12.1 Å². The minimum absolute atomic E-state index is 0.0166. The van der Waals surface area contributed by atoms with Gasteiger partial charge in [-0.15, -0.1) is 0 Å². The topological polar surface area (TPSA) is 94.2 Å². The number of non-ortho nitro benzene ring substituents is 1. The fourth-order valence-corrected chi connectivity index (χ4v) is 3.58. The molecule has 0 saturated heterocycles. The number of aryl methyl sites for hydroxylation is 3. The van der Waals surface area contributed by atoms with Gasteiger partial charge in [0.05, 0.1) is 27.3 Å². The van der Waals surface area contributed by atoms with Gasteiger partial charge in [0.2, 0.25) is 0 Å². The Balaban J connectivity index is 1.85. The monoisotopic (exact) mass is 351 g/mol. The van der Waals surface area contributed by atoms with E-state index in [9.17, 15) is 14.9 Å². The number of rotatable bonds is 2. The zero-order valence-corrected chi connectivity index (χ0v) is 14.7. The molecule has 26 heavy (non-hydrogen) atoms. The van der Waals surface area contributed by atoms with Crippen LogP contribution >= 0.6 is 0 Å². The zero-order valence-electron chi connectivity index (χ0n) is 14.7. The third-order valence-corrected chi connectivity index (χ3v) is 4.75. The second-order valence-electron chi connectivity index (χ2n) is 6.50. The van der Waals surface area contributed by atoms with Gasteiger partial charge in [0, 0.05) is 31.4 Å². The Labute approximate surface area is 149 Å². The Morgan fingerprint density at radius 3 is 2.77 bits per heavy atom. The van der Waals surface area contributed by atoms with Crippen molar-refractivity contribution in [3.05, 3.63) is 56.9 Å². The highest BCUT2D eigenvalue weighted by Gasteiger charge is 2.29. The van der Waals surface area contributed by atoms with Crippen molar-refractivity contribution in [1.82, 2.24) is 14.8 Å². The summed E-state index contributed by atoms with van der Waals surface area (Å²) in [4.78, 5) is 30.1. The molecule has 3 aromatic rings. The van der Waals surface area contributed by atoms with Gasteiger partial charge in [-0.2, -0.15) is 5.10 Å². The van der Waals surface area contributed by atoms with Crippen molar-refractivity contribution < 1.29 is 9.72 Å². The van der Waals surface area contributed by atoms with Gasteiger partial charge in [0.15, 0.2) is 5.65 Å². The first-order chi connectivity index (χ1) is 12.4. The number of aromatic nitrogens is 3. The van der Waals surface area contributed by atoms with Crippen LogP contribution in [0.15, 0.2) is 24.3 Å². The van der Waals surface area contributed by atoms with E-state index in [2.05, 4.69) is 10.1 Å². The highest BCUT2D eigenvalue weighted by molar-refractivity contribution is 6.14. The number of hydrogen-bond donors (Lipinski definition) is 0. The first-order valence-corrected chi connectivity index (χ1v) is 8.27. The van der Waals surface area contributed by atoms with Crippen molar-refractivity contribution in [1.29, 1.82) is 0 Å². The molecule has 0 saturated carbocycles. The average Bonchev–Trinajstić information content (AvgIpc) is 3.14. The molecule has 1 amide bonds. The van der Waals surface area contributed by atoms with E-state index in [-0.39, 0.29) is 11.6 Å². The van der Waals surface area contributed by atoms with Crippen molar-refractivity contribution in [2.75, 3.05) is 11.4 Å². The third-order valence-electron chi connectivity index (χ3n) is 4.75. The lowest BCUT2D eigenvalue weighted by molar-refractivity contribution is -0.384. The predicted molar refractivity (Wildman–Crippen MR) is 96.5 cm³/mol. The Morgan fingerprint density at radius 1 is 1.27 bits per heavy atom. The van der Waals surface area contributed by atoms with Crippen LogP contribution in [0, 0.1) is 24.0 Å². The number of carbonyl (C=O) groups excluding carboxylic acids is 1. The molecule has 1 aliphatic rings. The Kier molecular flexibility index (Phi) is 3.50. The number of carbonyl (C=O) groups is 1. The predicted octanol–water partition coefficient (Wildman–Crippen LogP) is 2.70. The standard InChI is InChI=1S/C18H17N5O3/c1-10-8-14(16-11(2)20-21(3)17(16)19-10)18(24)22-7-6-12-4-5-13(23(25)26)9-15(12)22/h4-5,8-9H,6-7H2,1-3H3. The van der Waals surface area contributed by atoms with Crippen LogP contribution in [0.1, 0.15) is 27.3 Å². The van der Waals surface area contributed by atoms with Crippen LogP contribution in [-0.2, 0) is 13.5 Å². The molecule has 1 aromatic carbocycles. The lowest BCUT2D eigenvalue weighted by Gasteiger charge is -2.18. The van der Waals surface area contributed by atoms with E-state index >= 15 is 0 Å². The van der Waals surface area contributed by atoms with Crippen LogP contribution in [0.3, 0.4) is 0 Å². The van der Waals surface area contributed by atoms with E-state index in [4.69, 9.17) is 0 Å². The lowest BCUT2D eigenvalue weighted by Crippen LogP contribution is -2.29. The summed E-state index contributed by atoms with van der Waals surface area (Å²) in [6, 6.07) is 6.44. The summed E-state index contributed by atoms with van der Waals surface area (Å²) in [5.41, 5.74) is 4.17. The molecule has 0 bridgehead atoms. The van der Waals surface area contributed by atoms with Crippen molar-refractivity contribution >= 4 is 28.3 Å². The Hall–Kier alpha value is -3.29. The van der Waals surface area contributed by atoms with Crippen LogP contribution in [0.2, 0.25) is 0 Å². The molecule has 8 heteroatoms. The third kappa shape index (κ3) is 2.33. The molecule has 0 atom stereocenters. The Bertz CT molecular complexity index is 1090. The number of benzene rings is 1. The maximum absolute atomic E-state index is 13.3. The maximum atomic E-state index is 13.3. The van der Waals surface area contributed by atoms with Crippen molar-refractivity contribution in [3.8, 4) is 0 Å². The van der Waals surface area contributed by atoms with E-state index in [1.54, 1.807) is 28.8 Å². The van der Waals surface area contributed by atoms with Gasteiger partial charge in [-0.05, 0) is 31.9 Å². The highest BCUT2D eigenvalue weighted by Crippen LogP contribution is 2.34. The number of amides is 1. The molecule has 0 unspecified atom stereocenters. The van der Waals surface area contributed by atoms with Crippen LogP contribution in [0.5, 0.6) is 0 Å². The van der Waals surface area contributed by atoms with Crippen LogP contribution in [0.4, 0.5) is 11.4 Å². The quantitative estimate of drug-likeness (QED) is 0.523. The molecule has 3 heterocycles. The van der Waals surface area contributed by atoms with Crippen LogP contribution in [-0.4, -0.2) is 32.1 Å². The van der Waals surface area contributed by atoms with Gasteiger partial charge >= 0.3 is 0 Å². The largest absolute Gasteiger partial charge is 0.307 e. The maximum Gasteiger partial charge on any atom is 0.271 e. The first kappa shape index (κ1) is 16.2. The fraction of sp³-hybridized carbons (Fsp3) is 0.278. The van der Waals surface area contributed by atoms with Crippen molar-refractivity contribution in [3.63, 3.8) is 0 Å². The lowest BCUT2D eigenvalue weighted by atomic mass is 10.1. The summed E-state index contributed by atoms with van der Waals surface area (Å²) in [5, 5.41) is 16.2. The number of fused-ring (bicyclic) bond motifs is 2. The summed E-state index contributed by atoms with van der Waals surface area (Å²) >= 11 is 0. The van der Waals surface area contributed by atoms with Crippen molar-refractivity contribution in [2.24, 2.45) is 7.05 Å². The molecule has 0 fully saturated rings. The van der Waals surface area contributed by atoms with Gasteiger partial charge in [-0.1, -0.05) is 6.07 Å². The summed E-state index contributed by atoms with van der Waals surface area (Å²) in [6.07, 6.45) is 0.679. The van der Waals surface area contributed by atoms with E-state index in [0.717, 1.165) is 22.3 Å². The number of hydrogen-bond acceptors (Lipinski definition) is 5. The number of nitrogens with zero attached hydrogens (tertiary/aromatic N) is 5. The van der Waals surface area contributed by atoms with E-state index < -0.39 is 4.92 Å². The van der Waals surface area contributed by atoms with Gasteiger partial charge in [-0.25, -0.2) is 4.98 Å². The summed E-state index contributed by atoms with van der Waals surface area (Å²) in [6.45, 7) is 4.18. The Morgan fingerprint density at radius 2 is 2.04 bits per heavy atom.